The first-order chi connectivity index (χ1) is 11.6. The van der Waals surface area contributed by atoms with Gasteiger partial charge in [0, 0.05) is 23.9 Å². The molecule has 0 saturated carbocycles. The summed E-state index contributed by atoms with van der Waals surface area (Å²) in [6.07, 6.45) is 0. The predicted octanol–water partition coefficient (Wildman–Crippen LogP) is 3.02. The number of aromatic nitrogens is 2. The molecule has 0 amide bonds. The van der Waals surface area contributed by atoms with Crippen molar-refractivity contribution in [3.05, 3.63) is 42.2 Å². The number of methoxy groups -OCH3 is 2. The summed E-state index contributed by atoms with van der Waals surface area (Å²) in [5.41, 5.74) is 8.31. The molecule has 6 nitrogen and oxygen atoms in total. The Morgan fingerprint density at radius 2 is 1.83 bits per heavy atom. The van der Waals surface area contributed by atoms with E-state index in [1.807, 2.05) is 43.3 Å². The fourth-order valence-corrected chi connectivity index (χ4v) is 2.71. The first-order valence-corrected chi connectivity index (χ1v) is 7.69. The van der Waals surface area contributed by atoms with Gasteiger partial charge in [0.25, 0.3) is 0 Å². The van der Waals surface area contributed by atoms with Crippen LogP contribution < -0.4 is 19.9 Å². The fraction of sp³-hybridized carbons (Fsp3) is 0.278. The number of fused-ring (bicyclic) bond motifs is 1. The maximum atomic E-state index is 5.78. The molecule has 0 aliphatic heterocycles. The highest BCUT2D eigenvalue weighted by molar-refractivity contribution is 5.80. The Morgan fingerprint density at radius 3 is 2.54 bits per heavy atom. The van der Waals surface area contributed by atoms with Gasteiger partial charge in [0.15, 0.2) is 11.5 Å². The van der Waals surface area contributed by atoms with E-state index in [9.17, 15) is 0 Å². The Morgan fingerprint density at radius 1 is 1.08 bits per heavy atom. The Kier molecular flexibility index (Phi) is 4.46. The van der Waals surface area contributed by atoms with Crippen molar-refractivity contribution >= 4 is 16.7 Å². The van der Waals surface area contributed by atoms with Crippen molar-refractivity contribution in [3.8, 4) is 17.2 Å². The van der Waals surface area contributed by atoms with Crippen LogP contribution in [0.15, 0.2) is 36.4 Å². The van der Waals surface area contributed by atoms with E-state index in [0.29, 0.717) is 30.3 Å². The van der Waals surface area contributed by atoms with Gasteiger partial charge in [-0.05, 0) is 19.1 Å². The lowest BCUT2D eigenvalue weighted by atomic mass is 10.2. The van der Waals surface area contributed by atoms with Gasteiger partial charge in [-0.2, -0.15) is 0 Å². The van der Waals surface area contributed by atoms with Crippen molar-refractivity contribution in [1.82, 2.24) is 9.55 Å². The summed E-state index contributed by atoms with van der Waals surface area (Å²) in [5, 5.41) is 0. The van der Waals surface area contributed by atoms with Gasteiger partial charge in [-0.3, -0.25) is 0 Å². The summed E-state index contributed by atoms with van der Waals surface area (Å²) < 4.78 is 18.6. The van der Waals surface area contributed by atoms with E-state index in [4.69, 9.17) is 19.9 Å². The zero-order valence-corrected chi connectivity index (χ0v) is 14.1. The highest BCUT2D eigenvalue weighted by Gasteiger charge is 2.13. The van der Waals surface area contributed by atoms with Gasteiger partial charge in [-0.15, -0.1) is 0 Å². The molecule has 0 bridgehead atoms. The number of ether oxygens (including phenoxy) is 3. The van der Waals surface area contributed by atoms with E-state index < -0.39 is 0 Å². The van der Waals surface area contributed by atoms with Gasteiger partial charge >= 0.3 is 0 Å². The molecule has 0 spiro atoms. The minimum Gasteiger partial charge on any atom is -0.493 e. The summed E-state index contributed by atoms with van der Waals surface area (Å²) in [4.78, 5) is 4.59. The molecule has 3 rings (SSSR count). The molecular weight excluding hydrogens is 306 g/mol. The molecule has 0 unspecified atom stereocenters. The van der Waals surface area contributed by atoms with E-state index in [2.05, 4.69) is 9.55 Å². The van der Waals surface area contributed by atoms with Gasteiger partial charge in [0.05, 0.1) is 31.8 Å². The number of aryl methyl sites for hydroxylation is 1. The van der Waals surface area contributed by atoms with Crippen molar-refractivity contribution in [2.75, 3.05) is 26.6 Å². The van der Waals surface area contributed by atoms with Gasteiger partial charge in [0.2, 0.25) is 0 Å². The molecule has 0 atom stereocenters. The van der Waals surface area contributed by atoms with E-state index in [1.54, 1.807) is 14.2 Å². The van der Waals surface area contributed by atoms with Gasteiger partial charge < -0.3 is 24.5 Å². The first kappa shape index (κ1) is 16.0. The zero-order chi connectivity index (χ0) is 17.1. The molecule has 0 fully saturated rings. The van der Waals surface area contributed by atoms with Crippen molar-refractivity contribution in [2.24, 2.45) is 0 Å². The molecule has 6 heteroatoms. The van der Waals surface area contributed by atoms with Crippen LogP contribution in [-0.2, 0) is 6.54 Å². The van der Waals surface area contributed by atoms with Gasteiger partial charge in [-0.25, -0.2) is 4.98 Å². The minimum absolute atomic E-state index is 0.518. The van der Waals surface area contributed by atoms with Crippen LogP contribution in [0.1, 0.15) is 5.82 Å². The van der Waals surface area contributed by atoms with Crippen LogP contribution >= 0.6 is 0 Å². The lowest BCUT2D eigenvalue weighted by Gasteiger charge is -2.11. The monoisotopic (exact) mass is 327 g/mol. The Labute approximate surface area is 140 Å². The Bertz CT molecular complexity index is 858. The van der Waals surface area contributed by atoms with Crippen LogP contribution in [0, 0.1) is 6.92 Å². The normalized spacial score (nSPS) is 10.8. The lowest BCUT2D eigenvalue weighted by Crippen LogP contribution is -2.09. The van der Waals surface area contributed by atoms with E-state index in [1.165, 1.54) is 0 Å². The van der Waals surface area contributed by atoms with E-state index >= 15 is 0 Å². The molecule has 3 aromatic rings. The highest BCUT2D eigenvalue weighted by atomic mass is 16.5. The highest BCUT2D eigenvalue weighted by Crippen LogP contribution is 2.32. The Hall–Kier alpha value is -2.89. The number of imidazole rings is 1. The second-order valence-corrected chi connectivity index (χ2v) is 5.43. The number of anilines is 1. The number of rotatable bonds is 6. The lowest BCUT2D eigenvalue weighted by molar-refractivity contribution is 0.299. The molecule has 0 radical (unpaired) electrons. The van der Waals surface area contributed by atoms with Crippen LogP contribution in [0.5, 0.6) is 17.2 Å². The third kappa shape index (κ3) is 3.08. The minimum atomic E-state index is 0.518. The molecule has 1 aromatic heterocycles. The molecule has 0 saturated heterocycles. The largest absolute Gasteiger partial charge is 0.493 e. The molecular formula is C18H21N3O3. The van der Waals surface area contributed by atoms with E-state index in [0.717, 1.165) is 22.6 Å². The first-order valence-electron chi connectivity index (χ1n) is 7.69. The molecule has 0 aliphatic carbocycles. The standard InChI is InChI=1S/C18H21N3O3/c1-12-20-15-10-17(22-2)18(23-3)11-16(15)21(12)7-8-24-14-6-4-5-13(19)9-14/h4-6,9-11H,7-8,19H2,1-3H3. The van der Waals surface area contributed by atoms with Crippen LogP contribution in [0.3, 0.4) is 0 Å². The predicted molar refractivity (Wildman–Crippen MR) is 93.9 cm³/mol. The molecule has 0 aliphatic rings. The average Bonchev–Trinajstić information content (AvgIpc) is 2.88. The van der Waals surface area contributed by atoms with Crippen molar-refractivity contribution in [1.29, 1.82) is 0 Å². The number of nitrogen functional groups attached to an aromatic ring is 1. The van der Waals surface area contributed by atoms with Crippen LogP contribution in [-0.4, -0.2) is 30.4 Å². The second-order valence-electron chi connectivity index (χ2n) is 5.43. The average molecular weight is 327 g/mol. The van der Waals surface area contributed by atoms with Crippen molar-refractivity contribution < 1.29 is 14.2 Å². The summed E-state index contributed by atoms with van der Waals surface area (Å²) >= 11 is 0. The number of benzene rings is 2. The molecule has 2 aromatic carbocycles. The molecule has 24 heavy (non-hydrogen) atoms. The maximum Gasteiger partial charge on any atom is 0.163 e. The van der Waals surface area contributed by atoms with Gasteiger partial charge in [0.1, 0.15) is 18.2 Å². The summed E-state index contributed by atoms with van der Waals surface area (Å²) in [6, 6.07) is 11.2. The van der Waals surface area contributed by atoms with Crippen molar-refractivity contribution in [3.63, 3.8) is 0 Å². The third-order valence-electron chi connectivity index (χ3n) is 3.89. The molecule has 2 N–H and O–H groups in total. The fourth-order valence-electron chi connectivity index (χ4n) is 2.71. The quantitative estimate of drug-likeness (QED) is 0.705. The van der Waals surface area contributed by atoms with Crippen molar-refractivity contribution in [2.45, 2.75) is 13.5 Å². The topological polar surface area (TPSA) is 71.5 Å². The maximum absolute atomic E-state index is 5.78. The number of nitrogens with zero attached hydrogens (tertiary/aromatic N) is 2. The zero-order valence-electron chi connectivity index (χ0n) is 14.1. The number of hydrogen-bond donors (Lipinski definition) is 1. The summed E-state index contributed by atoms with van der Waals surface area (Å²) in [5.74, 6) is 3.03. The van der Waals surface area contributed by atoms with Crippen LogP contribution in [0.2, 0.25) is 0 Å². The second kappa shape index (κ2) is 6.70. The SMILES string of the molecule is COc1cc2nc(C)n(CCOc3cccc(N)c3)c2cc1OC. The molecule has 126 valence electrons. The van der Waals surface area contributed by atoms with E-state index in [-0.39, 0.29) is 0 Å². The molecule has 1 heterocycles. The number of hydrogen-bond acceptors (Lipinski definition) is 5. The van der Waals surface area contributed by atoms with Gasteiger partial charge in [-0.1, -0.05) is 6.07 Å². The Balaban J connectivity index is 1.82. The van der Waals surface area contributed by atoms with Crippen LogP contribution in [0.4, 0.5) is 5.69 Å². The number of nitrogens with two attached hydrogens (primary N) is 1. The third-order valence-corrected chi connectivity index (χ3v) is 3.89. The smallest absolute Gasteiger partial charge is 0.163 e. The van der Waals surface area contributed by atoms with Crippen LogP contribution in [0.25, 0.3) is 11.0 Å². The summed E-state index contributed by atoms with van der Waals surface area (Å²) in [6.45, 7) is 3.16. The summed E-state index contributed by atoms with van der Waals surface area (Å²) in [7, 11) is 3.24.